The van der Waals surface area contributed by atoms with Crippen LogP contribution in [-0.2, 0) is 19.8 Å². The number of alkyl carbamates (subject to hydrolysis) is 1. The van der Waals surface area contributed by atoms with Gasteiger partial charge in [0.1, 0.15) is 11.4 Å². The zero-order valence-electron chi connectivity index (χ0n) is 19.7. The number of aromatic nitrogens is 1. The maximum Gasteiger partial charge on any atom is 0.421 e. The number of amides is 3. The van der Waals surface area contributed by atoms with Gasteiger partial charge in [-0.1, -0.05) is 18.2 Å². The number of benzene rings is 2. The predicted molar refractivity (Wildman–Crippen MR) is 126 cm³/mol. The summed E-state index contributed by atoms with van der Waals surface area (Å²) >= 11 is 0. The van der Waals surface area contributed by atoms with Crippen LogP contribution in [0, 0.1) is 0 Å². The maximum atomic E-state index is 14.2. The van der Waals surface area contributed by atoms with E-state index in [9.17, 15) is 14.4 Å². The molecule has 2 N–H and O–H groups in total. The molecule has 1 aromatic heterocycles. The molecular formula is C25H27N3O6. The number of fused-ring (bicyclic) bond motifs is 2. The van der Waals surface area contributed by atoms with Crippen LogP contribution < -0.4 is 15.0 Å². The monoisotopic (exact) mass is 465 g/mol. The van der Waals surface area contributed by atoms with E-state index < -0.39 is 29.2 Å². The quantitative estimate of drug-likeness (QED) is 0.589. The fraction of sp³-hybridized carbons (Fsp3) is 0.320. The molecule has 0 saturated heterocycles. The molecule has 178 valence electrons. The standard InChI is InChI=1S/C25H27N3O6/c1-6-33-22(30)27-25(18-14-26-19-10-8-7-9-16(18)19)17-13-15(32-5)11-12-20(17)28(21(25)29)23(31)34-24(2,3)4/h7-14,26H,6H2,1-5H3,(H,27,30)/t25-/m0/s1. The minimum Gasteiger partial charge on any atom is -0.497 e. The number of ether oxygens (including phenoxy) is 3. The average Bonchev–Trinajstić information content (AvgIpc) is 3.30. The van der Waals surface area contributed by atoms with Crippen LogP contribution in [0.4, 0.5) is 15.3 Å². The second kappa shape index (κ2) is 8.40. The Morgan fingerprint density at radius 1 is 1.12 bits per heavy atom. The Kier molecular flexibility index (Phi) is 5.72. The SMILES string of the molecule is CCOC(=O)N[C@@]1(c2c[nH]c3ccccc23)C(=O)N(C(=O)OC(C)(C)C)c2ccc(OC)cc21. The van der Waals surface area contributed by atoms with Gasteiger partial charge in [-0.3, -0.25) is 10.1 Å². The first kappa shape index (κ1) is 23.2. The van der Waals surface area contributed by atoms with Gasteiger partial charge in [-0.05, 0) is 52.0 Å². The lowest BCUT2D eigenvalue weighted by atomic mass is 9.83. The molecule has 0 fully saturated rings. The van der Waals surface area contributed by atoms with Gasteiger partial charge in [-0.15, -0.1) is 0 Å². The Hall–Kier alpha value is -4.01. The molecule has 2 heterocycles. The van der Waals surface area contributed by atoms with Gasteiger partial charge in [0, 0.05) is 28.2 Å². The summed E-state index contributed by atoms with van der Waals surface area (Å²) in [7, 11) is 1.50. The van der Waals surface area contributed by atoms with Crippen molar-refractivity contribution in [3.63, 3.8) is 0 Å². The number of H-pyrrole nitrogens is 1. The van der Waals surface area contributed by atoms with Gasteiger partial charge in [-0.2, -0.15) is 0 Å². The first-order chi connectivity index (χ1) is 16.1. The van der Waals surface area contributed by atoms with E-state index in [2.05, 4.69) is 10.3 Å². The molecule has 0 saturated carbocycles. The van der Waals surface area contributed by atoms with Gasteiger partial charge in [-0.25, -0.2) is 14.5 Å². The third-order valence-corrected chi connectivity index (χ3v) is 5.51. The summed E-state index contributed by atoms with van der Waals surface area (Å²) < 4.78 is 16.1. The number of imide groups is 1. The second-order valence-corrected chi connectivity index (χ2v) is 8.85. The number of rotatable bonds is 4. The van der Waals surface area contributed by atoms with Gasteiger partial charge >= 0.3 is 12.2 Å². The van der Waals surface area contributed by atoms with E-state index in [1.807, 2.05) is 24.3 Å². The van der Waals surface area contributed by atoms with E-state index in [0.717, 1.165) is 10.4 Å². The highest BCUT2D eigenvalue weighted by Crippen LogP contribution is 2.48. The largest absolute Gasteiger partial charge is 0.497 e. The Labute approximate surface area is 197 Å². The smallest absolute Gasteiger partial charge is 0.421 e. The number of carbonyl (C=O) groups is 3. The van der Waals surface area contributed by atoms with Crippen molar-refractivity contribution in [1.29, 1.82) is 0 Å². The lowest BCUT2D eigenvalue weighted by Crippen LogP contribution is -2.55. The van der Waals surface area contributed by atoms with Crippen LogP contribution in [-0.4, -0.2) is 42.4 Å². The second-order valence-electron chi connectivity index (χ2n) is 8.85. The van der Waals surface area contributed by atoms with E-state index in [-0.39, 0.29) is 12.3 Å². The first-order valence-electron chi connectivity index (χ1n) is 10.9. The molecule has 0 unspecified atom stereocenters. The van der Waals surface area contributed by atoms with E-state index in [4.69, 9.17) is 14.2 Å². The number of nitrogens with zero attached hydrogens (tertiary/aromatic N) is 1. The fourth-order valence-corrected chi connectivity index (χ4v) is 4.17. The van der Waals surface area contributed by atoms with E-state index in [1.165, 1.54) is 7.11 Å². The molecule has 0 aliphatic carbocycles. The fourth-order valence-electron chi connectivity index (χ4n) is 4.17. The van der Waals surface area contributed by atoms with Gasteiger partial charge in [0.15, 0.2) is 5.54 Å². The Morgan fingerprint density at radius 3 is 2.53 bits per heavy atom. The summed E-state index contributed by atoms with van der Waals surface area (Å²) in [5.74, 6) is -0.240. The molecule has 4 rings (SSSR count). The van der Waals surface area contributed by atoms with E-state index in [0.29, 0.717) is 22.3 Å². The van der Waals surface area contributed by atoms with Crippen molar-refractivity contribution in [2.45, 2.75) is 38.8 Å². The van der Waals surface area contributed by atoms with Crippen molar-refractivity contribution in [3.05, 3.63) is 59.8 Å². The van der Waals surface area contributed by atoms with Gasteiger partial charge in [0.05, 0.1) is 19.4 Å². The number of carbonyl (C=O) groups excluding carboxylic acids is 3. The van der Waals surface area contributed by atoms with Crippen molar-refractivity contribution >= 4 is 34.7 Å². The molecule has 3 amide bonds. The maximum absolute atomic E-state index is 14.2. The third kappa shape index (κ3) is 3.72. The molecule has 34 heavy (non-hydrogen) atoms. The number of anilines is 1. The summed E-state index contributed by atoms with van der Waals surface area (Å²) in [5, 5.41) is 3.46. The number of nitrogens with one attached hydrogen (secondary N) is 2. The molecule has 1 atom stereocenters. The average molecular weight is 466 g/mol. The van der Waals surface area contributed by atoms with Crippen molar-refractivity contribution in [2.24, 2.45) is 0 Å². The minimum absolute atomic E-state index is 0.102. The highest BCUT2D eigenvalue weighted by molar-refractivity contribution is 6.24. The van der Waals surface area contributed by atoms with Gasteiger partial charge < -0.3 is 19.2 Å². The molecule has 1 aliphatic rings. The molecule has 3 aromatic rings. The minimum atomic E-state index is -1.77. The van der Waals surface area contributed by atoms with E-state index >= 15 is 0 Å². The van der Waals surface area contributed by atoms with Crippen LogP contribution in [0.15, 0.2) is 48.7 Å². The Balaban J connectivity index is 2.01. The highest BCUT2D eigenvalue weighted by Gasteiger charge is 2.57. The lowest BCUT2D eigenvalue weighted by molar-refractivity contribution is -0.122. The molecular weight excluding hydrogens is 438 g/mol. The van der Waals surface area contributed by atoms with Crippen molar-refractivity contribution in [1.82, 2.24) is 10.3 Å². The zero-order valence-corrected chi connectivity index (χ0v) is 19.7. The van der Waals surface area contributed by atoms with Crippen LogP contribution in [0.25, 0.3) is 10.9 Å². The van der Waals surface area contributed by atoms with Crippen LogP contribution in [0.5, 0.6) is 5.75 Å². The normalized spacial score (nSPS) is 17.4. The zero-order chi connectivity index (χ0) is 24.7. The first-order valence-corrected chi connectivity index (χ1v) is 10.9. The van der Waals surface area contributed by atoms with Crippen LogP contribution in [0.1, 0.15) is 38.8 Å². The lowest BCUT2D eigenvalue weighted by Gasteiger charge is -2.30. The molecule has 0 spiro atoms. The Bertz CT molecular complexity index is 1280. The van der Waals surface area contributed by atoms with Crippen molar-refractivity contribution in [2.75, 3.05) is 18.6 Å². The topological polar surface area (TPSA) is 110 Å². The number of para-hydroxylation sites is 1. The highest BCUT2D eigenvalue weighted by atomic mass is 16.6. The van der Waals surface area contributed by atoms with Crippen molar-refractivity contribution in [3.8, 4) is 5.75 Å². The number of methoxy groups -OCH3 is 1. The summed E-state index contributed by atoms with van der Waals surface area (Å²) in [6.07, 6.45) is -0.00590. The molecule has 0 bridgehead atoms. The molecule has 1 aliphatic heterocycles. The van der Waals surface area contributed by atoms with Gasteiger partial charge in [0.2, 0.25) is 0 Å². The Morgan fingerprint density at radius 2 is 1.85 bits per heavy atom. The third-order valence-electron chi connectivity index (χ3n) is 5.51. The van der Waals surface area contributed by atoms with Crippen LogP contribution >= 0.6 is 0 Å². The summed E-state index contributed by atoms with van der Waals surface area (Å²) in [6.45, 7) is 6.90. The molecule has 2 aromatic carbocycles. The summed E-state index contributed by atoms with van der Waals surface area (Å²) in [5.41, 5.74) is -0.753. The molecule has 9 heteroatoms. The number of aromatic amines is 1. The summed E-state index contributed by atoms with van der Waals surface area (Å²) in [6, 6.07) is 12.2. The predicted octanol–water partition coefficient (Wildman–Crippen LogP) is 4.45. The number of hydrogen-bond acceptors (Lipinski definition) is 6. The molecule has 9 nitrogen and oxygen atoms in total. The van der Waals surface area contributed by atoms with Crippen molar-refractivity contribution < 1.29 is 28.6 Å². The summed E-state index contributed by atoms with van der Waals surface area (Å²) in [4.78, 5) is 44.3. The van der Waals surface area contributed by atoms with Crippen LogP contribution in [0.2, 0.25) is 0 Å². The van der Waals surface area contributed by atoms with Crippen LogP contribution in [0.3, 0.4) is 0 Å². The molecule has 0 radical (unpaired) electrons. The van der Waals surface area contributed by atoms with E-state index in [1.54, 1.807) is 52.1 Å². The number of hydrogen-bond donors (Lipinski definition) is 2. The van der Waals surface area contributed by atoms with Gasteiger partial charge in [0.25, 0.3) is 5.91 Å².